The lowest BCUT2D eigenvalue weighted by Gasteiger charge is -2.51. The highest BCUT2D eigenvalue weighted by Gasteiger charge is 2.49. The largest absolute Gasteiger partial charge is 0.310 e. The number of pyridine rings is 2. The maximum Gasteiger partial charge on any atom is 0.145 e. The Kier molecular flexibility index (Phi) is 6.92. The molecule has 0 unspecified atom stereocenters. The Labute approximate surface area is 341 Å². The summed E-state index contributed by atoms with van der Waals surface area (Å²) in [5.74, 6) is 1.02. The average molecular weight is 756 g/mol. The number of fused-ring (bicyclic) bond motifs is 9. The summed E-state index contributed by atoms with van der Waals surface area (Å²) in [7, 11) is 0. The first-order valence-corrected chi connectivity index (χ1v) is 20.7. The van der Waals surface area contributed by atoms with Crippen LogP contribution in [0.5, 0.6) is 0 Å². The minimum Gasteiger partial charge on any atom is -0.310 e. The summed E-state index contributed by atoms with van der Waals surface area (Å²) in [6, 6.07) is 45.2. The van der Waals surface area contributed by atoms with E-state index in [2.05, 4.69) is 192 Å². The van der Waals surface area contributed by atoms with Crippen molar-refractivity contribution in [3.8, 4) is 5.69 Å². The van der Waals surface area contributed by atoms with E-state index in [4.69, 9.17) is 9.97 Å². The Morgan fingerprint density at radius 2 is 1.07 bits per heavy atom. The molecule has 5 heteroatoms. The van der Waals surface area contributed by atoms with E-state index in [1.807, 2.05) is 18.5 Å². The fraction of sp³-hybridized carbons (Fsp3) is 0.245. The van der Waals surface area contributed by atoms with Crippen LogP contribution in [0, 0.1) is 0 Å². The first kappa shape index (κ1) is 35.0. The van der Waals surface area contributed by atoms with Crippen molar-refractivity contribution in [2.75, 3.05) is 9.80 Å². The third-order valence-electron chi connectivity index (χ3n) is 13.8. The topological polar surface area (TPSA) is 37.2 Å². The van der Waals surface area contributed by atoms with Gasteiger partial charge >= 0.3 is 0 Å². The van der Waals surface area contributed by atoms with E-state index in [1.165, 1.54) is 67.1 Å². The molecule has 3 aliphatic rings. The highest BCUT2D eigenvalue weighted by Crippen LogP contribution is 2.63. The molecule has 0 N–H and O–H groups in total. The number of hydrogen-bond donors (Lipinski definition) is 0. The second-order valence-electron chi connectivity index (χ2n) is 19.2. The van der Waals surface area contributed by atoms with Gasteiger partial charge in [-0.1, -0.05) is 123 Å². The molecule has 0 aliphatic carbocycles. The van der Waals surface area contributed by atoms with Crippen LogP contribution in [0.4, 0.5) is 34.3 Å². The van der Waals surface area contributed by atoms with E-state index in [0.717, 1.165) is 33.7 Å². The van der Waals surface area contributed by atoms with Crippen molar-refractivity contribution in [2.24, 2.45) is 0 Å². The van der Waals surface area contributed by atoms with E-state index in [0.29, 0.717) is 0 Å². The Morgan fingerprint density at radius 3 is 1.84 bits per heavy atom. The fourth-order valence-corrected chi connectivity index (χ4v) is 10.5. The van der Waals surface area contributed by atoms with Gasteiger partial charge in [-0.3, -0.25) is 9.47 Å². The second-order valence-corrected chi connectivity index (χ2v) is 19.2. The van der Waals surface area contributed by atoms with Crippen LogP contribution in [0.15, 0.2) is 134 Å². The highest BCUT2D eigenvalue weighted by molar-refractivity contribution is 6.08. The minimum atomic E-state index is -0.282. The normalized spacial score (nSPS) is 16.7. The first-order chi connectivity index (χ1) is 27.7. The zero-order chi connectivity index (χ0) is 40.1. The summed E-state index contributed by atoms with van der Waals surface area (Å²) in [4.78, 5) is 15.1. The summed E-state index contributed by atoms with van der Waals surface area (Å²) in [6.07, 6.45) is 3.86. The molecule has 0 radical (unpaired) electrons. The fourth-order valence-electron chi connectivity index (χ4n) is 10.5. The zero-order valence-electron chi connectivity index (χ0n) is 34.9. The van der Waals surface area contributed by atoms with E-state index in [9.17, 15) is 0 Å². The van der Waals surface area contributed by atoms with Gasteiger partial charge < -0.3 is 4.90 Å². The Balaban J connectivity index is 1.20. The molecule has 11 rings (SSSR count). The van der Waals surface area contributed by atoms with Crippen LogP contribution in [0.1, 0.15) is 101 Å². The average Bonchev–Trinajstić information content (AvgIpc) is 3.54. The van der Waals surface area contributed by atoms with E-state index in [-0.39, 0.29) is 21.7 Å². The molecule has 6 heterocycles. The SMILES string of the molecule is CC(C)(C)c1cc2c3c(c1)C(C)(C)c1cccnc1N3c1cc3c(cc1C2(C)C)C(C)(C)c1ccccc1N3c1cccc(-n2c3ccccc3c3cccnc32)c1. The van der Waals surface area contributed by atoms with Gasteiger partial charge in [0, 0.05) is 56.3 Å². The minimum absolute atomic E-state index is 0.0100. The van der Waals surface area contributed by atoms with Crippen LogP contribution >= 0.6 is 0 Å². The predicted molar refractivity (Wildman–Crippen MR) is 241 cm³/mol. The number of nitrogens with zero attached hydrogens (tertiary/aromatic N) is 5. The van der Waals surface area contributed by atoms with Crippen molar-refractivity contribution in [3.63, 3.8) is 0 Å². The predicted octanol–water partition coefficient (Wildman–Crippen LogP) is 13.7. The van der Waals surface area contributed by atoms with Gasteiger partial charge in [-0.25, -0.2) is 9.97 Å². The molecule has 58 heavy (non-hydrogen) atoms. The lowest BCUT2D eigenvalue weighted by atomic mass is 9.64. The maximum atomic E-state index is 5.21. The molecule has 0 amide bonds. The number of para-hydroxylation sites is 2. The van der Waals surface area contributed by atoms with Crippen LogP contribution in [-0.4, -0.2) is 14.5 Å². The van der Waals surface area contributed by atoms with E-state index >= 15 is 0 Å². The van der Waals surface area contributed by atoms with Gasteiger partial charge in [0.15, 0.2) is 0 Å². The lowest BCUT2D eigenvalue weighted by molar-refractivity contribution is 0.560. The highest BCUT2D eigenvalue weighted by atomic mass is 15.2. The summed E-state index contributed by atoms with van der Waals surface area (Å²) in [5, 5.41) is 2.36. The molecule has 0 saturated carbocycles. The Hall–Kier alpha value is -6.20. The van der Waals surface area contributed by atoms with Gasteiger partial charge in [-0.05, 0) is 99.5 Å². The van der Waals surface area contributed by atoms with E-state index in [1.54, 1.807) is 0 Å². The van der Waals surface area contributed by atoms with Crippen LogP contribution in [0.3, 0.4) is 0 Å². The van der Waals surface area contributed by atoms with Gasteiger partial charge in [0.1, 0.15) is 11.5 Å². The molecular weight excluding hydrogens is 707 g/mol. The molecule has 5 aromatic carbocycles. The molecule has 3 aliphatic heterocycles. The molecule has 5 nitrogen and oxygen atoms in total. The van der Waals surface area contributed by atoms with Crippen molar-refractivity contribution in [1.29, 1.82) is 0 Å². The molecule has 0 saturated heterocycles. The van der Waals surface area contributed by atoms with Crippen LogP contribution in [0.2, 0.25) is 0 Å². The summed E-state index contributed by atoms with van der Waals surface area (Å²) < 4.78 is 2.31. The lowest BCUT2D eigenvalue weighted by Crippen LogP contribution is -2.40. The number of rotatable bonds is 2. The Bertz CT molecular complexity index is 2990. The molecule has 8 aromatic rings. The second kappa shape index (κ2) is 11.5. The molecule has 0 atom stereocenters. The molecule has 0 bridgehead atoms. The van der Waals surface area contributed by atoms with Crippen molar-refractivity contribution in [3.05, 3.63) is 173 Å². The Morgan fingerprint density at radius 1 is 0.466 bits per heavy atom. The van der Waals surface area contributed by atoms with Gasteiger partial charge in [0.2, 0.25) is 0 Å². The quantitative estimate of drug-likeness (QED) is 0.176. The smallest absolute Gasteiger partial charge is 0.145 e. The molecule has 286 valence electrons. The van der Waals surface area contributed by atoms with Gasteiger partial charge in [0.05, 0.1) is 28.3 Å². The van der Waals surface area contributed by atoms with Crippen LogP contribution in [-0.2, 0) is 21.7 Å². The monoisotopic (exact) mass is 755 g/mol. The standard InChI is InChI=1S/C53H49N5/c1-50(2,3)32-27-41-47-42(28-32)53(8,9)40-30-39-45(31-46(40)58(47)49-38(52(41,6)7)22-16-26-55-49)56(44-24-13-11-21-37(44)51(39,4)5)33-17-14-18-34(29-33)57-43-23-12-10-19-35(43)36-20-15-25-54-48(36)57/h10-31H,1-9H3. The number of benzene rings is 5. The van der Waals surface area contributed by atoms with Gasteiger partial charge in [-0.2, -0.15) is 0 Å². The molecule has 0 fully saturated rings. The van der Waals surface area contributed by atoms with Crippen molar-refractivity contribution < 1.29 is 0 Å². The van der Waals surface area contributed by atoms with Crippen molar-refractivity contribution in [2.45, 2.75) is 84.0 Å². The number of hydrogen-bond acceptors (Lipinski definition) is 4. The van der Waals surface area contributed by atoms with Gasteiger partial charge in [0.25, 0.3) is 0 Å². The van der Waals surface area contributed by atoms with Crippen LogP contribution in [0.25, 0.3) is 27.6 Å². The molecular formula is C53H49N5. The third kappa shape index (κ3) is 4.53. The summed E-state index contributed by atoms with van der Waals surface area (Å²) >= 11 is 0. The zero-order valence-corrected chi connectivity index (χ0v) is 34.9. The summed E-state index contributed by atoms with van der Waals surface area (Å²) in [5.41, 5.74) is 17.7. The van der Waals surface area contributed by atoms with E-state index < -0.39 is 0 Å². The number of aromatic nitrogens is 3. The maximum absolute atomic E-state index is 5.21. The van der Waals surface area contributed by atoms with Crippen LogP contribution < -0.4 is 9.80 Å². The summed E-state index contributed by atoms with van der Waals surface area (Å²) in [6.45, 7) is 21.4. The molecule has 0 spiro atoms. The van der Waals surface area contributed by atoms with Crippen molar-refractivity contribution in [1.82, 2.24) is 14.5 Å². The number of anilines is 6. The molecule has 3 aromatic heterocycles. The third-order valence-corrected chi connectivity index (χ3v) is 13.8. The van der Waals surface area contributed by atoms with Crippen molar-refractivity contribution >= 4 is 56.2 Å². The van der Waals surface area contributed by atoms with Gasteiger partial charge in [-0.15, -0.1) is 0 Å². The first-order valence-electron chi connectivity index (χ1n) is 20.7.